The third-order valence-corrected chi connectivity index (χ3v) is 8.51. The Morgan fingerprint density at radius 2 is 1.59 bits per heavy atom. The summed E-state index contributed by atoms with van der Waals surface area (Å²) in [6.45, 7) is 2.12. The van der Waals surface area contributed by atoms with E-state index in [-0.39, 0.29) is 41.9 Å². The number of nitrogens with zero attached hydrogens (tertiary/aromatic N) is 2. The van der Waals surface area contributed by atoms with Crippen LogP contribution in [0.3, 0.4) is 0 Å². The normalized spacial score (nSPS) is 33.1. The van der Waals surface area contributed by atoms with Gasteiger partial charge in [-0.1, -0.05) is 32.1 Å². The van der Waals surface area contributed by atoms with Crippen molar-refractivity contribution in [2.24, 2.45) is 11.8 Å². The van der Waals surface area contributed by atoms with E-state index in [0.717, 1.165) is 77.3 Å². The molecule has 4 fully saturated rings. The molecule has 4 rings (SSSR count). The standard InChI is InChI=1S/C26H42N4O4/c1-27-25(34)26-18-20(26)12-7-4-2-3-6-11-19(17-22(31)29-14-8-5-9-15-29)24(33)30-16-10-13-21(30)23(32)28-26/h19-21H,2-18H2,1H3,(H,27,34)(H,28,32)/t19-,20-,21+,26-/m1/s1. The van der Waals surface area contributed by atoms with Crippen molar-refractivity contribution in [2.75, 3.05) is 26.7 Å². The monoisotopic (exact) mass is 474 g/mol. The molecular formula is C26H42N4O4. The van der Waals surface area contributed by atoms with Gasteiger partial charge in [0.1, 0.15) is 11.6 Å². The number of carbonyl (C=O) groups excluding carboxylic acids is 4. The number of likely N-dealkylation sites (N-methyl/N-ethyl adjacent to an activating group) is 1. The smallest absolute Gasteiger partial charge is 0.245 e. The molecule has 0 aromatic carbocycles. The van der Waals surface area contributed by atoms with Crippen molar-refractivity contribution < 1.29 is 19.2 Å². The molecule has 8 heteroatoms. The van der Waals surface area contributed by atoms with E-state index in [1.165, 1.54) is 0 Å². The summed E-state index contributed by atoms with van der Waals surface area (Å²) in [7, 11) is 1.61. The molecular weight excluding hydrogens is 432 g/mol. The average Bonchev–Trinajstić information content (AvgIpc) is 3.31. The Morgan fingerprint density at radius 1 is 0.912 bits per heavy atom. The first-order valence-electron chi connectivity index (χ1n) is 13.6. The predicted octanol–water partition coefficient (Wildman–Crippen LogP) is 2.36. The van der Waals surface area contributed by atoms with Gasteiger partial charge in [-0.05, 0) is 57.3 Å². The molecule has 0 aromatic rings. The van der Waals surface area contributed by atoms with E-state index in [4.69, 9.17) is 0 Å². The first-order valence-corrected chi connectivity index (χ1v) is 13.6. The second kappa shape index (κ2) is 11.1. The number of hydrogen-bond donors (Lipinski definition) is 2. The van der Waals surface area contributed by atoms with E-state index >= 15 is 0 Å². The third kappa shape index (κ3) is 5.41. The van der Waals surface area contributed by atoms with Crippen LogP contribution in [0.2, 0.25) is 0 Å². The maximum atomic E-state index is 13.7. The lowest BCUT2D eigenvalue weighted by atomic mass is 9.94. The van der Waals surface area contributed by atoms with Gasteiger partial charge >= 0.3 is 0 Å². The molecule has 3 aliphatic heterocycles. The van der Waals surface area contributed by atoms with Crippen LogP contribution in [0.1, 0.15) is 89.9 Å². The minimum absolute atomic E-state index is 0.0563. The van der Waals surface area contributed by atoms with Gasteiger partial charge in [-0.3, -0.25) is 19.2 Å². The number of hydrogen-bond acceptors (Lipinski definition) is 4. The van der Waals surface area contributed by atoms with Crippen LogP contribution in [0.4, 0.5) is 0 Å². The molecule has 3 heterocycles. The Labute approximate surface area is 203 Å². The summed E-state index contributed by atoms with van der Waals surface area (Å²) in [6, 6.07) is -0.548. The van der Waals surface area contributed by atoms with Crippen LogP contribution in [-0.2, 0) is 19.2 Å². The first kappa shape index (κ1) is 25.0. The minimum Gasteiger partial charge on any atom is -0.357 e. The molecule has 1 saturated carbocycles. The van der Waals surface area contributed by atoms with Crippen molar-refractivity contribution in [1.82, 2.24) is 20.4 Å². The summed E-state index contributed by atoms with van der Waals surface area (Å²) < 4.78 is 0. The average molecular weight is 475 g/mol. The number of likely N-dealkylation sites (tertiary alicyclic amines) is 1. The number of rotatable bonds is 3. The highest BCUT2D eigenvalue weighted by Crippen LogP contribution is 2.47. The summed E-state index contributed by atoms with van der Waals surface area (Å²) >= 11 is 0. The number of carbonyl (C=O) groups is 4. The molecule has 3 saturated heterocycles. The van der Waals surface area contributed by atoms with Gasteiger partial charge in [-0.25, -0.2) is 0 Å². The molecule has 0 bridgehead atoms. The van der Waals surface area contributed by atoms with E-state index in [1.807, 2.05) is 4.90 Å². The van der Waals surface area contributed by atoms with E-state index in [9.17, 15) is 19.2 Å². The van der Waals surface area contributed by atoms with E-state index in [2.05, 4.69) is 10.6 Å². The fraction of sp³-hybridized carbons (Fsp3) is 0.846. The summed E-state index contributed by atoms with van der Waals surface area (Å²) in [5.41, 5.74) is -0.826. The predicted molar refractivity (Wildman–Crippen MR) is 129 cm³/mol. The van der Waals surface area contributed by atoms with Crippen molar-refractivity contribution in [3.63, 3.8) is 0 Å². The zero-order valence-corrected chi connectivity index (χ0v) is 20.8. The zero-order chi connectivity index (χ0) is 24.1. The molecule has 190 valence electrons. The van der Waals surface area contributed by atoms with Gasteiger partial charge in [0.25, 0.3) is 0 Å². The SMILES string of the molecule is CNC(=O)[C@@]12C[C@H]1CCCCCCC[C@H](CC(=O)N1CCCCC1)C(=O)N1CCC[C@H]1C(=O)N2. The van der Waals surface area contributed by atoms with E-state index in [0.29, 0.717) is 25.8 Å². The van der Waals surface area contributed by atoms with Gasteiger partial charge in [0.05, 0.1) is 0 Å². The first-order chi connectivity index (χ1) is 16.5. The highest BCUT2D eigenvalue weighted by molar-refractivity contribution is 5.97. The van der Waals surface area contributed by atoms with Gasteiger partial charge in [0.2, 0.25) is 23.6 Å². The van der Waals surface area contributed by atoms with Crippen molar-refractivity contribution in [3.8, 4) is 0 Å². The topological polar surface area (TPSA) is 98.8 Å². The lowest BCUT2D eigenvalue weighted by Gasteiger charge is -2.31. The Morgan fingerprint density at radius 3 is 2.32 bits per heavy atom. The van der Waals surface area contributed by atoms with Crippen LogP contribution >= 0.6 is 0 Å². The highest BCUT2D eigenvalue weighted by Gasteiger charge is 2.60. The van der Waals surface area contributed by atoms with Crippen LogP contribution in [0, 0.1) is 11.8 Å². The third-order valence-electron chi connectivity index (χ3n) is 8.51. The molecule has 1 aliphatic carbocycles. The quantitative estimate of drug-likeness (QED) is 0.656. The van der Waals surface area contributed by atoms with Crippen molar-refractivity contribution >= 4 is 23.6 Å². The van der Waals surface area contributed by atoms with Crippen molar-refractivity contribution in [2.45, 2.75) is 101 Å². The fourth-order valence-electron chi connectivity index (χ4n) is 6.34. The molecule has 4 aliphatic rings. The van der Waals surface area contributed by atoms with Gasteiger partial charge < -0.3 is 20.4 Å². The van der Waals surface area contributed by atoms with Crippen LogP contribution in [0.5, 0.6) is 0 Å². The van der Waals surface area contributed by atoms with Crippen molar-refractivity contribution in [3.05, 3.63) is 0 Å². The number of nitrogens with one attached hydrogen (secondary N) is 2. The molecule has 4 amide bonds. The molecule has 4 atom stereocenters. The van der Waals surface area contributed by atoms with Gasteiger partial charge in [0.15, 0.2) is 0 Å². The molecule has 0 unspecified atom stereocenters. The highest BCUT2D eigenvalue weighted by atomic mass is 16.2. The lowest BCUT2D eigenvalue weighted by Crippen LogP contribution is -2.56. The molecule has 0 aromatic heterocycles. The molecule has 2 N–H and O–H groups in total. The maximum Gasteiger partial charge on any atom is 0.245 e. The largest absolute Gasteiger partial charge is 0.357 e. The Balaban J connectivity index is 1.50. The van der Waals surface area contributed by atoms with Crippen molar-refractivity contribution in [1.29, 1.82) is 0 Å². The Bertz CT molecular complexity index is 781. The van der Waals surface area contributed by atoms with E-state index < -0.39 is 11.6 Å². The summed E-state index contributed by atoms with van der Waals surface area (Å²) in [5, 5.41) is 5.80. The molecule has 0 radical (unpaired) electrons. The van der Waals surface area contributed by atoms with Gasteiger partial charge in [-0.15, -0.1) is 0 Å². The number of piperidine rings is 1. The lowest BCUT2D eigenvalue weighted by molar-refractivity contribution is -0.145. The van der Waals surface area contributed by atoms with Crippen LogP contribution in [-0.4, -0.2) is 71.7 Å². The summed E-state index contributed by atoms with van der Waals surface area (Å²) in [5.74, 6) is -0.518. The Hall–Kier alpha value is -2.12. The fourth-order valence-corrected chi connectivity index (χ4v) is 6.34. The summed E-state index contributed by atoms with van der Waals surface area (Å²) in [6.07, 6.45) is 12.4. The van der Waals surface area contributed by atoms with Crippen LogP contribution < -0.4 is 10.6 Å². The molecule has 34 heavy (non-hydrogen) atoms. The van der Waals surface area contributed by atoms with Crippen LogP contribution in [0.15, 0.2) is 0 Å². The zero-order valence-electron chi connectivity index (χ0n) is 20.8. The van der Waals surface area contributed by atoms with E-state index in [1.54, 1.807) is 11.9 Å². The molecule has 0 spiro atoms. The van der Waals surface area contributed by atoms with Crippen LogP contribution in [0.25, 0.3) is 0 Å². The number of fused-ring (bicyclic) bond motifs is 2. The van der Waals surface area contributed by atoms with Gasteiger partial charge in [-0.2, -0.15) is 0 Å². The maximum absolute atomic E-state index is 13.7. The Kier molecular flexibility index (Phi) is 8.14. The minimum atomic E-state index is -0.826. The molecule has 8 nitrogen and oxygen atoms in total. The second-order valence-corrected chi connectivity index (χ2v) is 10.8. The summed E-state index contributed by atoms with van der Waals surface area (Å²) in [4.78, 5) is 56.4. The number of amides is 4. The van der Waals surface area contributed by atoms with Gasteiger partial charge in [0, 0.05) is 39.0 Å². The second-order valence-electron chi connectivity index (χ2n) is 10.8.